The quantitative estimate of drug-likeness (QED) is 0.454. The van der Waals surface area contributed by atoms with Crippen molar-refractivity contribution in [1.29, 1.82) is 0 Å². The van der Waals surface area contributed by atoms with Gasteiger partial charge in [0.15, 0.2) is 0 Å². The lowest BCUT2D eigenvalue weighted by Crippen LogP contribution is -2.32. The van der Waals surface area contributed by atoms with Crippen molar-refractivity contribution in [3.63, 3.8) is 0 Å². The van der Waals surface area contributed by atoms with Gasteiger partial charge in [-0.05, 0) is 34.1 Å². The van der Waals surface area contributed by atoms with Gasteiger partial charge in [0.2, 0.25) is 11.5 Å². The van der Waals surface area contributed by atoms with E-state index in [1.54, 1.807) is 12.1 Å². The molecule has 3 aromatic rings. The number of halogens is 2. The highest BCUT2D eigenvalue weighted by atomic mass is 35.5. The first-order valence-electron chi connectivity index (χ1n) is 8.65. The van der Waals surface area contributed by atoms with Crippen LogP contribution in [0.4, 0.5) is 10.2 Å². The summed E-state index contributed by atoms with van der Waals surface area (Å²) in [7, 11) is 0. The van der Waals surface area contributed by atoms with Crippen LogP contribution in [0, 0.1) is 5.82 Å². The van der Waals surface area contributed by atoms with E-state index in [2.05, 4.69) is 25.6 Å². The number of ether oxygens (including phenoxy) is 1. The van der Waals surface area contributed by atoms with Gasteiger partial charge in [0.1, 0.15) is 18.2 Å². The van der Waals surface area contributed by atoms with Gasteiger partial charge in [-0.25, -0.2) is 9.02 Å². The Bertz CT molecular complexity index is 920. The highest BCUT2D eigenvalue weighted by molar-refractivity contribution is 5.95. The topological polar surface area (TPSA) is 115 Å². The molecule has 3 rings (SSSR count). The molecule has 4 N–H and O–H groups in total. The lowest BCUT2D eigenvalue weighted by molar-refractivity contribution is 0.0944. The molecule has 0 radical (unpaired) electrons. The van der Waals surface area contributed by atoms with Crippen LogP contribution in [0.15, 0.2) is 53.2 Å². The van der Waals surface area contributed by atoms with Crippen LogP contribution in [0.2, 0.25) is 0 Å². The molecule has 0 aliphatic carbocycles. The Morgan fingerprint density at radius 2 is 1.86 bits per heavy atom. The van der Waals surface area contributed by atoms with E-state index in [0.717, 1.165) is 16.9 Å². The smallest absolute Gasteiger partial charge is 0.277 e. The first kappa shape index (κ1) is 22.1. The highest BCUT2D eigenvalue weighted by Crippen LogP contribution is 2.19. The van der Waals surface area contributed by atoms with Crippen LogP contribution in [0.1, 0.15) is 21.6 Å². The third kappa shape index (κ3) is 6.44. The number of para-hydroxylation sites is 1. The molecule has 0 spiro atoms. The average Bonchev–Trinajstić information content (AvgIpc) is 3.14. The largest absolute Gasteiger partial charge is 0.489 e. The summed E-state index contributed by atoms with van der Waals surface area (Å²) in [5, 5.41) is 12.7. The monoisotopic (exact) mass is 421 g/mol. The van der Waals surface area contributed by atoms with Crippen molar-refractivity contribution in [1.82, 2.24) is 20.9 Å². The van der Waals surface area contributed by atoms with Crippen LogP contribution in [-0.4, -0.2) is 29.3 Å². The number of nitrogens with two attached hydrogens (primary N) is 1. The maximum absolute atomic E-state index is 13.0. The van der Waals surface area contributed by atoms with Crippen LogP contribution in [-0.2, 0) is 13.2 Å². The zero-order valence-corrected chi connectivity index (χ0v) is 16.2. The second-order valence-corrected chi connectivity index (χ2v) is 5.95. The van der Waals surface area contributed by atoms with Gasteiger partial charge < -0.3 is 21.1 Å². The maximum Gasteiger partial charge on any atom is 0.277 e. The zero-order valence-electron chi connectivity index (χ0n) is 15.4. The van der Waals surface area contributed by atoms with Gasteiger partial charge in [0.25, 0.3) is 5.91 Å². The molecule has 0 aliphatic heterocycles. The van der Waals surface area contributed by atoms with Gasteiger partial charge in [0, 0.05) is 25.2 Å². The Balaban J connectivity index is 0.00000300. The van der Waals surface area contributed by atoms with Crippen LogP contribution >= 0.6 is 12.4 Å². The summed E-state index contributed by atoms with van der Waals surface area (Å²) in [6, 6.07) is 13.8. The van der Waals surface area contributed by atoms with Crippen molar-refractivity contribution in [2.75, 3.05) is 18.8 Å². The number of anilines is 1. The van der Waals surface area contributed by atoms with E-state index in [9.17, 15) is 9.18 Å². The highest BCUT2D eigenvalue weighted by Gasteiger charge is 2.14. The number of amides is 1. The Morgan fingerprint density at radius 1 is 1.10 bits per heavy atom. The molecule has 0 unspecified atom stereocenters. The molecule has 0 bridgehead atoms. The van der Waals surface area contributed by atoms with Gasteiger partial charge in [-0.15, -0.1) is 12.4 Å². The normalized spacial score (nSPS) is 10.2. The lowest BCUT2D eigenvalue weighted by atomic mass is 10.2. The number of hydrogen-bond acceptors (Lipinski definition) is 7. The summed E-state index contributed by atoms with van der Waals surface area (Å²) < 4.78 is 23.2. The molecule has 154 valence electrons. The fourth-order valence-corrected chi connectivity index (χ4v) is 2.46. The number of nitrogens with one attached hydrogen (secondary N) is 2. The number of aromatic nitrogens is 2. The van der Waals surface area contributed by atoms with Crippen molar-refractivity contribution >= 4 is 24.1 Å². The van der Waals surface area contributed by atoms with Crippen LogP contribution in [0.5, 0.6) is 5.75 Å². The molecule has 29 heavy (non-hydrogen) atoms. The molecule has 1 heterocycles. The molecule has 0 aliphatic rings. The van der Waals surface area contributed by atoms with Crippen molar-refractivity contribution in [2.45, 2.75) is 13.2 Å². The van der Waals surface area contributed by atoms with E-state index in [1.807, 2.05) is 24.3 Å². The average molecular weight is 422 g/mol. The van der Waals surface area contributed by atoms with E-state index < -0.39 is 5.91 Å². The number of hydrogen-bond donors (Lipinski definition) is 3. The zero-order chi connectivity index (χ0) is 19.8. The number of carbonyl (C=O) groups excluding carboxylic acids is 1. The van der Waals surface area contributed by atoms with E-state index >= 15 is 0 Å². The molecule has 8 nitrogen and oxygen atoms in total. The molecule has 1 amide bonds. The Hall–Kier alpha value is -3.17. The van der Waals surface area contributed by atoms with Crippen LogP contribution in [0.3, 0.4) is 0 Å². The summed E-state index contributed by atoms with van der Waals surface area (Å²) in [4.78, 5) is 11.8. The van der Waals surface area contributed by atoms with Crippen LogP contribution in [0.25, 0.3) is 0 Å². The first-order chi connectivity index (χ1) is 13.6. The fourth-order valence-electron chi connectivity index (χ4n) is 2.46. The van der Waals surface area contributed by atoms with E-state index in [1.165, 1.54) is 12.1 Å². The molecule has 10 heteroatoms. The second-order valence-electron chi connectivity index (χ2n) is 5.95. The van der Waals surface area contributed by atoms with E-state index in [4.69, 9.17) is 10.5 Å². The Morgan fingerprint density at radius 3 is 2.59 bits per heavy atom. The lowest BCUT2D eigenvalue weighted by Gasteiger charge is -2.12. The number of nitrogen functional groups attached to an aromatic ring is 1. The number of rotatable bonds is 9. The van der Waals surface area contributed by atoms with Gasteiger partial charge >= 0.3 is 0 Å². The minimum absolute atomic E-state index is 0. The molecule has 0 saturated heterocycles. The first-order valence-corrected chi connectivity index (χ1v) is 8.65. The van der Waals surface area contributed by atoms with Crippen molar-refractivity contribution < 1.29 is 18.6 Å². The van der Waals surface area contributed by atoms with Crippen molar-refractivity contribution in [2.24, 2.45) is 0 Å². The minimum Gasteiger partial charge on any atom is -0.489 e. The molecule has 0 saturated carbocycles. The number of benzene rings is 2. The predicted octanol–water partition coefficient (Wildman–Crippen LogP) is 2.31. The molecule has 0 atom stereocenters. The number of nitrogens with zero attached hydrogens (tertiary/aromatic N) is 2. The fraction of sp³-hybridized carbons (Fsp3) is 0.211. The Labute approximate surface area is 173 Å². The van der Waals surface area contributed by atoms with Crippen molar-refractivity contribution in [3.8, 4) is 5.75 Å². The molecular weight excluding hydrogens is 401 g/mol. The predicted molar refractivity (Wildman–Crippen MR) is 107 cm³/mol. The third-order valence-corrected chi connectivity index (χ3v) is 3.91. The Kier molecular flexibility index (Phi) is 8.38. The third-order valence-electron chi connectivity index (χ3n) is 3.91. The van der Waals surface area contributed by atoms with E-state index in [-0.39, 0.29) is 29.7 Å². The maximum atomic E-state index is 13.0. The van der Waals surface area contributed by atoms with Gasteiger partial charge in [0.05, 0.1) is 0 Å². The van der Waals surface area contributed by atoms with E-state index in [0.29, 0.717) is 26.2 Å². The summed E-state index contributed by atoms with van der Waals surface area (Å²) in [5.41, 5.74) is 7.29. The molecule has 1 aromatic heterocycles. The minimum atomic E-state index is -0.441. The van der Waals surface area contributed by atoms with Gasteiger partial charge in [-0.1, -0.05) is 30.3 Å². The molecular formula is C19H21ClFN5O3. The SMILES string of the molecule is Cl.Nc1nonc1C(=O)NCCNCc1ccccc1OCc1ccc(F)cc1. The van der Waals surface area contributed by atoms with Crippen LogP contribution < -0.4 is 21.1 Å². The van der Waals surface area contributed by atoms with Gasteiger partial charge in [-0.3, -0.25) is 4.79 Å². The standard InChI is InChI=1S/C19H20FN5O3.ClH/c20-15-7-5-13(6-8-15)12-27-16-4-2-1-3-14(16)11-22-9-10-23-19(26)17-18(21)25-28-24-17;/h1-8,22H,9-12H2,(H2,21,25)(H,23,26);1H. The summed E-state index contributed by atoms with van der Waals surface area (Å²) in [6.45, 7) is 1.82. The second kappa shape index (κ2) is 11.0. The number of carbonyl (C=O) groups is 1. The summed E-state index contributed by atoms with van der Waals surface area (Å²) in [5.74, 6) is -0.0194. The molecule has 2 aromatic carbocycles. The van der Waals surface area contributed by atoms with Crippen molar-refractivity contribution in [3.05, 3.63) is 71.2 Å². The van der Waals surface area contributed by atoms with Gasteiger partial charge in [-0.2, -0.15) is 0 Å². The summed E-state index contributed by atoms with van der Waals surface area (Å²) in [6.07, 6.45) is 0. The summed E-state index contributed by atoms with van der Waals surface area (Å²) >= 11 is 0. The molecule has 0 fully saturated rings.